The summed E-state index contributed by atoms with van der Waals surface area (Å²) < 4.78 is 5.76. The first-order valence-electron chi connectivity index (χ1n) is 11.3. The number of aryl methyl sites for hydroxylation is 1. The van der Waals surface area contributed by atoms with Gasteiger partial charge < -0.3 is 15.4 Å². The normalized spacial score (nSPS) is 18.4. The minimum absolute atomic E-state index is 0.00481. The van der Waals surface area contributed by atoms with Crippen molar-refractivity contribution in [3.8, 4) is 5.75 Å². The Kier molecular flexibility index (Phi) is 8.88. The van der Waals surface area contributed by atoms with E-state index >= 15 is 0 Å². The van der Waals surface area contributed by atoms with Gasteiger partial charge in [-0.3, -0.25) is 9.59 Å². The zero-order valence-electron chi connectivity index (χ0n) is 18.5. The summed E-state index contributed by atoms with van der Waals surface area (Å²) in [5, 5.41) is 8.77. The van der Waals surface area contributed by atoms with Crippen LogP contribution < -0.4 is 15.4 Å². The van der Waals surface area contributed by atoms with Crippen molar-refractivity contribution in [3.63, 3.8) is 0 Å². The number of ether oxygens (including phenoxy) is 1. The molecule has 2 N–H and O–H groups in total. The number of nitrogens with zero attached hydrogens (tertiary/aromatic N) is 1. The molecule has 0 bridgehead atoms. The van der Waals surface area contributed by atoms with Crippen LogP contribution in [-0.2, 0) is 11.4 Å². The molecule has 31 heavy (non-hydrogen) atoms. The van der Waals surface area contributed by atoms with Crippen LogP contribution in [0.15, 0.2) is 29.6 Å². The highest BCUT2D eigenvalue weighted by molar-refractivity contribution is 7.09. The summed E-state index contributed by atoms with van der Waals surface area (Å²) in [5.41, 5.74) is 1.59. The van der Waals surface area contributed by atoms with Gasteiger partial charge >= 0.3 is 0 Å². The number of nitrogens with one attached hydrogen (secondary N) is 2. The fraction of sp³-hybridized carbons (Fsp3) is 0.542. The van der Waals surface area contributed by atoms with Crippen LogP contribution in [0.2, 0.25) is 0 Å². The number of carbonyl (C=O) groups is 2. The molecule has 2 atom stereocenters. The summed E-state index contributed by atoms with van der Waals surface area (Å²) in [4.78, 5) is 29.4. The van der Waals surface area contributed by atoms with Crippen molar-refractivity contribution in [2.45, 2.75) is 83.9 Å². The van der Waals surface area contributed by atoms with Gasteiger partial charge in [0.2, 0.25) is 5.91 Å². The topological polar surface area (TPSA) is 80.3 Å². The quantitative estimate of drug-likeness (QED) is 0.519. The monoisotopic (exact) mass is 443 g/mol. The number of thiazole rings is 1. The Morgan fingerprint density at radius 1 is 1.10 bits per heavy atom. The molecule has 1 aliphatic rings. The highest BCUT2D eigenvalue weighted by Crippen LogP contribution is 2.20. The molecule has 0 radical (unpaired) electrons. The van der Waals surface area contributed by atoms with Crippen LogP contribution in [0.4, 0.5) is 0 Å². The summed E-state index contributed by atoms with van der Waals surface area (Å²) in [5.74, 6) is 0.685. The molecule has 3 rings (SSSR count). The third kappa shape index (κ3) is 7.35. The lowest BCUT2D eigenvalue weighted by atomic mass is 9.90. The van der Waals surface area contributed by atoms with E-state index < -0.39 is 0 Å². The van der Waals surface area contributed by atoms with Crippen molar-refractivity contribution in [1.82, 2.24) is 15.6 Å². The Morgan fingerprint density at radius 2 is 1.81 bits per heavy atom. The molecule has 1 aliphatic carbocycles. The number of amides is 2. The Bertz CT molecular complexity index is 850. The van der Waals surface area contributed by atoms with Gasteiger partial charge in [0, 0.05) is 23.9 Å². The number of hydrogen-bond acceptors (Lipinski definition) is 5. The first kappa shape index (κ1) is 23.3. The molecule has 2 amide bonds. The van der Waals surface area contributed by atoms with Gasteiger partial charge in [-0.05, 0) is 38.3 Å². The maximum absolute atomic E-state index is 12.8. The Labute approximate surface area is 188 Å². The van der Waals surface area contributed by atoms with Crippen LogP contribution in [-0.4, -0.2) is 28.9 Å². The second-order valence-electron chi connectivity index (χ2n) is 8.22. The van der Waals surface area contributed by atoms with E-state index in [9.17, 15) is 9.59 Å². The second kappa shape index (κ2) is 11.8. The van der Waals surface area contributed by atoms with Crippen molar-refractivity contribution in [1.29, 1.82) is 0 Å². The average Bonchev–Trinajstić information content (AvgIpc) is 3.24. The first-order valence-corrected chi connectivity index (χ1v) is 12.2. The molecule has 1 aromatic heterocycles. The molecule has 0 spiro atoms. The zero-order chi connectivity index (χ0) is 22.1. The van der Waals surface area contributed by atoms with Gasteiger partial charge in [-0.15, -0.1) is 11.3 Å². The van der Waals surface area contributed by atoms with E-state index in [0.717, 1.165) is 55.7 Å². The molecule has 1 saturated carbocycles. The van der Waals surface area contributed by atoms with Crippen LogP contribution >= 0.6 is 11.3 Å². The number of aromatic nitrogens is 1. The fourth-order valence-corrected chi connectivity index (χ4v) is 4.48. The van der Waals surface area contributed by atoms with Gasteiger partial charge in [-0.25, -0.2) is 4.98 Å². The standard InChI is InChI=1S/C24H33N3O3S/c1-3-4-5-10-22(28)25-19-8-6-7-9-20(19)27-24(29)21-16-31-23(26-21)15-30-18-13-11-17(2)12-14-18/h11-14,16,19-20H,3-10,15H2,1-2H3,(H,25,28)(H,27,29)/t19-,20+/m1/s1. The predicted molar refractivity (Wildman–Crippen MR) is 123 cm³/mol. The second-order valence-corrected chi connectivity index (χ2v) is 9.17. The van der Waals surface area contributed by atoms with Crippen molar-refractivity contribution in [2.24, 2.45) is 0 Å². The third-order valence-corrected chi connectivity index (χ3v) is 6.43. The van der Waals surface area contributed by atoms with Crippen LogP contribution in [0.25, 0.3) is 0 Å². The summed E-state index contributed by atoms with van der Waals surface area (Å²) in [6.07, 6.45) is 7.54. The van der Waals surface area contributed by atoms with Gasteiger partial charge in [0.05, 0.1) is 0 Å². The van der Waals surface area contributed by atoms with Crippen LogP contribution in [0.5, 0.6) is 5.75 Å². The smallest absolute Gasteiger partial charge is 0.271 e. The van der Waals surface area contributed by atoms with Gasteiger partial charge in [0.15, 0.2) is 0 Å². The van der Waals surface area contributed by atoms with E-state index in [1.807, 2.05) is 31.2 Å². The molecule has 0 saturated heterocycles. The SMILES string of the molecule is CCCCCC(=O)N[C@@H]1CCCC[C@@H]1NC(=O)c1csc(COc2ccc(C)cc2)n1. The number of carbonyl (C=O) groups excluding carboxylic acids is 2. The van der Waals surface area contributed by atoms with E-state index in [1.165, 1.54) is 16.9 Å². The molecule has 168 valence electrons. The van der Waals surface area contributed by atoms with Crippen LogP contribution in [0.1, 0.15) is 79.3 Å². The Balaban J connectivity index is 1.50. The molecule has 1 aromatic carbocycles. The van der Waals surface area contributed by atoms with Gasteiger partial charge in [-0.2, -0.15) is 0 Å². The van der Waals surface area contributed by atoms with Crippen molar-refractivity contribution >= 4 is 23.2 Å². The highest BCUT2D eigenvalue weighted by atomic mass is 32.1. The summed E-state index contributed by atoms with van der Waals surface area (Å²) in [7, 11) is 0. The van der Waals surface area contributed by atoms with Crippen molar-refractivity contribution in [3.05, 3.63) is 45.9 Å². The van der Waals surface area contributed by atoms with E-state index in [2.05, 4.69) is 22.5 Å². The summed E-state index contributed by atoms with van der Waals surface area (Å²) in [6, 6.07) is 7.80. The third-order valence-electron chi connectivity index (χ3n) is 5.60. The summed E-state index contributed by atoms with van der Waals surface area (Å²) in [6.45, 7) is 4.49. The van der Waals surface area contributed by atoms with Gasteiger partial charge in [0.25, 0.3) is 5.91 Å². The lowest BCUT2D eigenvalue weighted by Gasteiger charge is -2.32. The molecule has 1 heterocycles. The first-order chi connectivity index (χ1) is 15.0. The molecule has 0 aliphatic heterocycles. The molecular formula is C24H33N3O3S. The minimum atomic E-state index is -0.185. The molecule has 2 aromatic rings. The predicted octanol–water partition coefficient (Wildman–Crippen LogP) is 4.77. The Hall–Kier alpha value is -2.41. The molecule has 1 fully saturated rings. The minimum Gasteiger partial charge on any atom is -0.486 e. The van der Waals surface area contributed by atoms with Crippen molar-refractivity contribution < 1.29 is 14.3 Å². The van der Waals surface area contributed by atoms with Gasteiger partial charge in [0.1, 0.15) is 23.1 Å². The molecule has 0 unspecified atom stereocenters. The zero-order valence-corrected chi connectivity index (χ0v) is 19.3. The maximum atomic E-state index is 12.8. The molecule has 7 heteroatoms. The van der Waals surface area contributed by atoms with Crippen LogP contribution in [0.3, 0.4) is 0 Å². The van der Waals surface area contributed by atoms with E-state index in [1.54, 1.807) is 5.38 Å². The lowest BCUT2D eigenvalue weighted by molar-refractivity contribution is -0.122. The highest BCUT2D eigenvalue weighted by Gasteiger charge is 2.28. The van der Waals surface area contributed by atoms with E-state index in [4.69, 9.17) is 4.74 Å². The lowest BCUT2D eigenvalue weighted by Crippen LogP contribution is -2.53. The number of unbranched alkanes of at least 4 members (excludes halogenated alkanes) is 2. The van der Waals surface area contributed by atoms with Crippen molar-refractivity contribution in [2.75, 3.05) is 0 Å². The largest absolute Gasteiger partial charge is 0.486 e. The summed E-state index contributed by atoms with van der Waals surface area (Å²) >= 11 is 1.42. The number of hydrogen-bond donors (Lipinski definition) is 2. The average molecular weight is 444 g/mol. The van der Waals surface area contributed by atoms with Gasteiger partial charge in [-0.1, -0.05) is 50.3 Å². The molecule has 6 nitrogen and oxygen atoms in total. The van der Waals surface area contributed by atoms with E-state index in [-0.39, 0.29) is 23.9 Å². The van der Waals surface area contributed by atoms with E-state index in [0.29, 0.717) is 18.7 Å². The number of benzene rings is 1. The number of rotatable bonds is 10. The fourth-order valence-electron chi connectivity index (χ4n) is 3.79. The Morgan fingerprint density at radius 3 is 2.52 bits per heavy atom. The molecular weight excluding hydrogens is 410 g/mol. The van der Waals surface area contributed by atoms with Crippen LogP contribution in [0, 0.1) is 6.92 Å². The maximum Gasteiger partial charge on any atom is 0.271 e.